The van der Waals surface area contributed by atoms with E-state index in [4.69, 9.17) is 8.83 Å². The van der Waals surface area contributed by atoms with Crippen LogP contribution in [0.4, 0.5) is 0 Å². The van der Waals surface area contributed by atoms with Gasteiger partial charge in [0, 0.05) is 5.56 Å². The summed E-state index contributed by atoms with van der Waals surface area (Å²) in [6.45, 7) is 1.80. The molecule has 0 aromatic carbocycles. The standard InChI is InChI=1S/C10H9BrO3/c1-6-7(2-4-13-6)9(12)10-8(11)3-5-14-10/h2-5,9,12H,1H3. The van der Waals surface area contributed by atoms with Crippen molar-refractivity contribution >= 4 is 15.9 Å². The Morgan fingerprint density at radius 2 is 2.00 bits per heavy atom. The van der Waals surface area contributed by atoms with Gasteiger partial charge in [-0.15, -0.1) is 0 Å². The van der Waals surface area contributed by atoms with Crippen LogP contribution >= 0.6 is 15.9 Å². The fraction of sp³-hybridized carbons (Fsp3) is 0.200. The molecule has 2 rings (SSSR count). The van der Waals surface area contributed by atoms with E-state index in [0.29, 0.717) is 11.5 Å². The maximum atomic E-state index is 9.95. The fourth-order valence-corrected chi connectivity index (χ4v) is 1.74. The van der Waals surface area contributed by atoms with Crippen LogP contribution in [0, 0.1) is 6.92 Å². The van der Waals surface area contributed by atoms with E-state index in [9.17, 15) is 5.11 Å². The molecule has 0 radical (unpaired) electrons. The molecule has 0 aliphatic carbocycles. The first-order chi connectivity index (χ1) is 6.70. The van der Waals surface area contributed by atoms with Crippen molar-refractivity contribution in [3.63, 3.8) is 0 Å². The first-order valence-corrected chi connectivity index (χ1v) is 4.94. The molecule has 2 aromatic heterocycles. The summed E-state index contributed by atoms with van der Waals surface area (Å²) < 4.78 is 11.0. The molecule has 0 aliphatic rings. The third-order valence-electron chi connectivity index (χ3n) is 2.09. The van der Waals surface area contributed by atoms with E-state index in [-0.39, 0.29) is 0 Å². The SMILES string of the molecule is Cc1occc1C(O)c1occc1Br. The lowest BCUT2D eigenvalue weighted by Crippen LogP contribution is -1.98. The largest absolute Gasteiger partial charge is 0.469 e. The van der Waals surface area contributed by atoms with E-state index in [2.05, 4.69) is 15.9 Å². The van der Waals surface area contributed by atoms with Crippen LogP contribution in [-0.4, -0.2) is 5.11 Å². The van der Waals surface area contributed by atoms with Crippen molar-refractivity contribution < 1.29 is 13.9 Å². The van der Waals surface area contributed by atoms with Gasteiger partial charge in [-0.3, -0.25) is 0 Å². The number of aliphatic hydroxyl groups excluding tert-OH is 1. The first kappa shape index (κ1) is 9.55. The van der Waals surface area contributed by atoms with Crippen LogP contribution in [0.5, 0.6) is 0 Å². The van der Waals surface area contributed by atoms with E-state index in [1.807, 2.05) is 0 Å². The topological polar surface area (TPSA) is 46.5 Å². The van der Waals surface area contributed by atoms with Gasteiger partial charge < -0.3 is 13.9 Å². The second-order valence-corrected chi connectivity index (χ2v) is 3.82. The van der Waals surface area contributed by atoms with E-state index < -0.39 is 6.10 Å². The van der Waals surface area contributed by atoms with Crippen molar-refractivity contribution in [2.45, 2.75) is 13.0 Å². The lowest BCUT2D eigenvalue weighted by atomic mass is 10.1. The average Bonchev–Trinajstić information content (AvgIpc) is 2.73. The van der Waals surface area contributed by atoms with E-state index in [1.165, 1.54) is 6.26 Å². The molecule has 74 valence electrons. The van der Waals surface area contributed by atoms with E-state index >= 15 is 0 Å². The molecule has 1 N–H and O–H groups in total. The average molecular weight is 257 g/mol. The second-order valence-electron chi connectivity index (χ2n) is 2.97. The second kappa shape index (κ2) is 3.63. The Morgan fingerprint density at radius 3 is 2.50 bits per heavy atom. The summed E-state index contributed by atoms with van der Waals surface area (Å²) in [6.07, 6.45) is 2.29. The van der Waals surface area contributed by atoms with Crippen LogP contribution in [-0.2, 0) is 0 Å². The van der Waals surface area contributed by atoms with Gasteiger partial charge in [0.2, 0.25) is 0 Å². The molecule has 0 amide bonds. The van der Waals surface area contributed by atoms with Crippen molar-refractivity contribution in [1.29, 1.82) is 0 Å². The monoisotopic (exact) mass is 256 g/mol. The normalized spacial score (nSPS) is 13.1. The van der Waals surface area contributed by atoms with Gasteiger partial charge in [0.15, 0.2) is 5.76 Å². The number of furan rings is 2. The number of hydrogen-bond donors (Lipinski definition) is 1. The van der Waals surface area contributed by atoms with Gasteiger partial charge in [0.1, 0.15) is 11.9 Å². The van der Waals surface area contributed by atoms with E-state index in [0.717, 1.165) is 10.0 Å². The molecule has 4 heteroatoms. The maximum absolute atomic E-state index is 9.95. The lowest BCUT2D eigenvalue weighted by molar-refractivity contribution is 0.186. The molecule has 0 aliphatic heterocycles. The zero-order chi connectivity index (χ0) is 10.1. The van der Waals surface area contributed by atoms with Gasteiger partial charge in [0.05, 0.1) is 17.0 Å². The summed E-state index contributed by atoms with van der Waals surface area (Å²) in [7, 11) is 0. The molecule has 3 nitrogen and oxygen atoms in total. The molecule has 0 bridgehead atoms. The van der Waals surface area contributed by atoms with Crippen LogP contribution in [0.25, 0.3) is 0 Å². The Bertz CT molecular complexity index is 390. The minimum absolute atomic E-state index is 0.495. The van der Waals surface area contributed by atoms with E-state index in [1.54, 1.807) is 25.3 Å². The molecule has 2 aromatic rings. The summed E-state index contributed by atoms with van der Waals surface area (Å²) in [4.78, 5) is 0. The number of hydrogen-bond acceptors (Lipinski definition) is 3. The Morgan fingerprint density at radius 1 is 1.29 bits per heavy atom. The zero-order valence-corrected chi connectivity index (χ0v) is 9.11. The molecule has 0 spiro atoms. The quantitative estimate of drug-likeness (QED) is 0.899. The number of halogens is 1. The van der Waals surface area contributed by atoms with Gasteiger partial charge in [0.25, 0.3) is 0 Å². The van der Waals surface area contributed by atoms with Gasteiger partial charge in [-0.25, -0.2) is 0 Å². The highest BCUT2D eigenvalue weighted by atomic mass is 79.9. The molecule has 0 saturated heterocycles. The Hall–Kier alpha value is -1.00. The number of rotatable bonds is 2. The van der Waals surface area contributed by atoms with Crippen molar-refractivity contribution in [2.75, 3.05) is 0 Å². The highest BCUT2D eigenvalue weighted by Gasteiger charge is 2.20. The third kappa shape index (κ3) is 1.51. The summed E-state index contributed by atoms with van der Waals surface area (Å²) in [5.41, 5.74) is 0.723. The van der Waals surface area contributed by atoms with Crippen LogP contribution in [0.3, 0.4) is 0 Å². The van der Waals surface area contributed by atoms with Crippen molar-refractivity contribution in [1.82, 2.24) is 0 Å². The first-order valence-electron chi connectivity index (χ1n) is 4.15. The smallest absolute Gasteiger partial charge is 0.151 e. The van der Waals surface area contributed by atoms with Crippen LogP contribution in [0.1, 0.15) is 23.2 Å². The van der Waals surface area contributed by atoms with Gasteiger partial charge in [-0.1, -0.05) is 0 Å². The molecule has 1 unspecified atom stereocenters. The molecule has 0 fully saturated rings. The maximum Gasteiger partial charge on any atom is 0.151 e. The number of aliphatic hydroxyl groups is 1. The minimum atomic E-state index is -0.780. The summed E-state index contributed by atoms with van der Waals surface area (Å²) in [5, 5.41) is 9.95. The van der Waals surface area contributed by atoms with Gasteiger partial charge in [-0.05, 0) is 35.0 Å². The Kier molecular flexibility index (Phi) is 2.48. The fourth-order valence-electron chi connectivity index (χ4n) is 1.32. The van der Waals surface area contributed by atoms with Crippen LogP contribution in [0.2, 0.25) is 0 Å². The summed E-state index contributed by atoms with van der Waals surface area (Å²) in [6, 6.07) is 3.48. The molecular weight excluding hydrogens is 248 g/mol. The molecule has 1 atom stereocenters. The van der Waals surface area contributed by atoms with Gasteiger partial charge >= 0.3 is 0 Å². The number of aryl methyl sites for hydroxylation is 1. The molecule has 0 saturated carbocycles. The Labute approximate surface area is 89.5 Å². The van der Waals surface area contributed by atoms with Crippen molar-refractivity contribution in [2.24, 2.45) is 0 Å². The predicted molar refractivity (Wildman–Crippen MR) is 53.9 cm³/mol. The highest BCUT2D eigenvalue weighted by molar-refractivity contribution is 9.10. The lowest BCUT2D eigenvalue weighted by Gasteiger charge is -2.06. The van der Waals surface area contributed by atoms with Crippen LogP contribution < -0.4 is 0 Å². The van der Waals surface area contributed by atoms with Crippen molar-refractivity contribution in [3.05, 3.63) is 46.2 Å². The minimum Gasteiger partial charge on any atom is -0.469 e. The van der Waals surface area contributed by atoms with Crippen LogP contribution in [0.15, 0.2) is 38.0 Å². The molecule has 2 heterocycles. The zero-order valence-electron chi connectivity index (χ0n) is 7.53. The molecular formula is C10H9BrO3. The summed E-state index contributed by atoms with van der Waals surface area (Å²) >= 11 is 3.29. The molecule has 14 heavy (non-hydrogen) atoms. The Balaban J connectivity index is 2.38. The summed E-state index contributed by atoms with van der Waals surface area (Å²) in [5.74, 6) is 1.19. The van der Waals surface area contributed by atoms with Gasteiger partial charge in [-0.2, -0.15) is 0 Å². The highest BCUT2D eigenvalue weighted by Crippen LogP contribution is 2.31. The predicted octanol–water partition coefficient (Wildman–Crippen LogP) is 3.03. The third-order valence-corrected chi connectivity index (χ3v) is 2.74. The van der Waals surface area contributed by atoms with Crippen molar-refractivity contribution in [3.8, 4) is 0 Å².